The minimum absolute atomic E-state index is 0.109. The molecule has 0 aliphatic heterocycles. The Balaban J connectivity index is 1.87. The molecule has 1 N–H and O–H groups in total. The molecule has 0 atom stereocenters. The highest BCUT2D eigenvalue weighted by Gasteiger charge is 2.27. The molecule has 0 unspecified atom stereocenters. The second kappa shape index (κ2) is 9.89. The summed E-state index contributed by atoms with van der Waals surface area (Å²) in [7, 11) is -3.95. The molecule has 0 fully saturated rings. The topological polar surface area (TPSA) is 78.8 Å². The van der Waals surface area contributed by atoms with Gasteiger partial charge in [0.1, 0.15) is 6.54 Å². The number of hydrazone groups is 1. The molecule has 0 saturated carbocycles. The molecule has 6 nitrogen and oxygen atoms in total. The lowest BCUT2D eigenvalue weighted by atomic mass is 10.1. The van der Waals surface area contributed by atoms with E-state index in [1.165, 1.54) is 18.3 Å². The Hall–Kier alpha value is -2.97. The van der Waals surface area contributed by atoms with Crippen molar-refractivity contribution in [3.63, 3.8) is 0 Å². The van der Waals surface area contributed by atoms with E-state index >= 15 is 0 Å². The number of hydrogen-bond acceptors (Lipinski definition) is 4. The first-order chi connectivity index (χ1) is 14.8. The van der Waals surface area contributed by atoms with Crippen molar-refractivity contribution in [2.45, 2.75) is 18.7 Å². The molecular weight excluding hydrogens is 478 g/mol. The van der Waals surface area contributed by atoms with Crippen LogP contribution in [0.2, 0.25) is 0 Å². The maximum atomic E-state index is 13.3. The van der Waals surface area contributed by atoms with Crippen LogP contribution < -0.4 is 9.73 Å². The van der Waals surface area contributed by atoms with Gasteiger partial charge in [-0.2, -0.15) is 5.10 Å². The van der Waals surface area contributed by atoms with Crippen molar-refractivity contribution in [1.82, 2.24) is 5.43 Å². The number of benzene rings is 3. The minimum atomic E-state index is -3.95. The second-order valence-corrected chi connectivity index (χ2v) is 9.62. The Kier molecular flexibility index (Phi) is 7.25. The summed E-state index contributed by atoms with van der Waals surface area (Å²) in [5.74, 6) is -0.555. The van der Waals surface area contributed by atoms with Gasteiger partial charge in [-0.3, -0.25) is 9.10 Å². The zero-order chi connectivity index (χ0) is 22.4. The molecule has 0 heterocycles. The predicted octanol–water partition coefficient (Wildman–Crippen LogP) is 4.41. The normalized spacial score (nSPS) is 11.5. The third-order valence-electron chi connectivity index (χ3n) is 4.69. The molecule has 0 radical (unpaired) electrons. The van der Waals surface area contributed by atoms with E-state index in [1.54, 1.807) is 30.3 Å². The van der Waals surface area contributed by atoms with Gasteiger partial charge in [0.15, 0.2) is 0 Å². The van der Waals surface area contributed by atoms with E-state index in [4.69, 9.17) is 0 Å². The Morgan fingerprint density at radius 2 is 1.68 bits per heavy atom. The predicted molar refractivity (Wildman–Crippen MR) is 127 cm³/mol. The van der Waals surface area contributed by atoms with E-state index in [-0.39, 0.29) is 4.90 Å². The van der Waals surface area contributed by atoms with Crippen LogP contribution in [-0.2, 0) is 14.8 Å². The molecule has 0 aliphatic carbocycles. The van der Waals surface area contributed by atoms with E-state index in [0.717, 1.165) is 25.5 Å². The molecule has 3 aromatic rings. The number of carbonyl (C=O) groups excluding carboxylic acids is 1. The fourth-order valence-corrected chi connectivity index (χ4v) is 4.66. The van der Waals surface area contributed by atoms with Crippen LogP contribution in [0.3, 0.4) is 0 Å². The Morgan fingerprint density at radius 1 is 1.00 bits per heavy atom. The van der Waals surface area contributed by atoms with Gasteiger partial charge < -0.3 is 0 Å². The number of hydrogen-bond donors (Lipinski definition) is 1. The third kappa shape index (κ3) is 5.59. The van der Waals surface area contributed by atoms with Crippen molar-refractivity contribution in [1.29, 1.82) is 0 Å². The molecule has 3 rings (SSSR count). The van der Waals surface area contributed by atoms with Gasteiger partial charge in [-0.1, -0.05) is 58.4 Å². The maximum Gasteiger partial charge on any atom is 0.264 e. The number of halogens is 1. The van der Waals surface area contributed by atoms with Crippen LogP contribution in [0.5, 0.6) is 0 Å². The summed E-state index contributed by atoms with van der Waals surface area (Å²) in [5.41, 5.74) is 5.57. The number of sulfonamides is 1. The van der Waals surface area contributed by atoms with Crippen molar-refractivity contribution >= 4 is 43.8 Å². The van der Waals surface area contributed by atoms with Crippen molar-refractivity contribution in [3.05, 3.63) is 94.0 Å². The summed E-state index contributed by atoms with van der Waals surface area (Å²) >= 11 is 3.41. The smallest absolute Gasteiger partial charge is 0.264 e. The van der Waals surface area contributed by atoms with E-state index in [9.17, 15) is 13.2 Å². The number of amides is 1. The molecule has 1 amide bonds. The number of rotatable bonds is 7. The average Bonchev–Trinajstić information content (AvgIpc) is 2.76. The lowest BCUT2D eigenvalue weighted by molar-refractivity contribution is -0.119. The molecule has 160 valence electrons. The van der Waals surface area contributed by atoms with E-state index < -0.39 is 22.5 Å². The van der Waals surface area contributed by atoms with Crippen LogP contribution in [-0.4, -0.2) is 27.1 Å². The van der Waals surface area contributed by atoms with E-state index in [0.29, 0.717) is 5.69 Å². The van der Waals surface area contributed by atoms with Crippen LogP contribution in [0.15, 0.2) is 87.3 Å². The van der Waals surface area contributed by atoms with Gasteiger partial charge in [-0.15, -0.1) is 0 Å². The molecule has 0 bridgehead atoms. The SMILES string of the molecule is Cc1ccc(N(CC(=O)N/N=C\c2ccccc2Br)S(=O)(=O)c2ccccc2)cc1C. The van der Waals surface area contributed by atoms with Crippen molar-refractivity contribution < 1.29 is 13.2 Å². The first-order valence-electron chi connectivity index (χ1n) is 9.50. The minimum Gasteiger partial charge on any atom is -0.271 e. The fourth-order valence-electron chi connectivity index (χ4n) is 2.83. The third-order valence-corrected chi connectivity index (χ3v) is 7.21. The molecule has 31 heavy (non-hydrogen) atoms. The average molecular weight is 500 g/mol. The lowest BCUT2D eigenvalue weighted by Crippen LogP contribution is -2.39. The van der Waals surface area contributed by atoms with Crippen LogP contribution in [0.4, 0.5) is 5.69 Å². The highest BCUT2D eigenvalue weighted by Crippen LogP contribution is 2.25. The second-order valence-electron chi connectivity index (χ2n) is 6.91. The summed E-state index contributed by atoms with van der Waals surface area (Å²) < 4.78 is 28.5. The summed E-state index contributed by atoms with van der Waals surface area (Å²) in [4.78, 5) is 12.7. The van der Waals surface area contributed by atoms with Gasteiger partial charge in [0.2, 0.25) is 0 Å². The van der Waals surface area contributed by atoms with Crippen molar-refractivity contribution in [3.8, 4) is 0 Å². The lowest BCUT2D eigenvalue weighted by Gasteiger charge is -2.24. The number of carbonyl (C=O) groups is 1. The zero-order valence-corrected chi connectivity index (χ0v) is 19.5. The molecule has 0 saturated heterocycles. The number of aryl methyl sites for hydroxylation is 2. The van der Waals surface area contributed by atoms with Crippen molar-refractivity contribution in [2.75, 3.05) is 10.8 Å². The maximum absolute atomic E-state index is 13.3. The molecule has 0 spiro atoms. The summed E-state index contributed by atoms with van der Waals surface area (Å²) in [6, 6.07) is 20.7. The molecule has 8 heteroatoms. The summed E-state index contributed by atoms with van der Waals surface area (Å²) in [6.45, 7) is 3.43. The van der Waals surface area contributed by atoms with Gasteiger partial charge in [0.05, 0.1) is 16.8 Å². The summed E-state index contributed by atoms with van der Waals surface area (Å²) in [6.07, 6.45) is 1.49. The largest absolute Gasteiger partial charge is 0.271 e. The van der Waals surface area contributed by atoms with E-state index in [2.05, 4.69) is 26.5 Å². The number of anilines is 1. The molecule has 3 aromatic carbocycles. The number of nitrogens with zero attached hydrogens (tertiary/aromatic N) is 2. The Morgan fingerprint density at radius 3 is 2.35 bits per heavy atom. The Labute approximate surface area is 190 Å². The first-order valence-corrected chi connectivity index (χ1v) is 11.7. The standard InChI is InChI=1S/C23H22BrN3O3S/c1-17-12-13-20(14-18(17)2)27(31(29,30)21-9-4-3-5-10-21)16-23(28)26-25-15-19-8-6-7-11-22(19)24/h3-15H,16H2,1-2H3,(H,26,28)/b25-15-. The van der Waals surface area contributed by atoms with Gasteiger partial charge in [-0.25, -0.2) is 13.8 Å². The quantitative estimate of drug-likeness (QED) is 0.386. The molecular formula is C23H22BrN3O3S. The molecule has 0 aliphatic rings. The monoisotopic (exact) mass is 499 g/mol. The van der Waals surface area contributed by atoms with Crippen LogP contribution in [0.25, 0.3) is 0 Å². The highest BCUT2D eigenvalue weighted by molar-refractivity contribution is 9.10. The van der Waals surface area contributed by atoms with Gasteiger partial charge in [0.25, 0.3) is 15.9 Å². The zero-order valence-electron chi connectivity index (χ0n) is 17.1. The van der Waals surface area contributed by atoms with Crippen LogP contribution in [0, 0.1) is 13.8 Å². The van der Waals surface area contributed by atoms with Gasteiger partial charge in [-0.05, 0) is 55.3 Å². The first kappa shape index (κ1) is 22.7. The molecule has 0 aromatic heterocycles. The Bertz CT molecular complexity index is 1210. The van der Waals surface area contributed by atoms with Crippen LogP contribution >= 0.6 is 15.9 Å². The summed E-state index contributed by atoms with van der Waals surface area (Å²) in [5, 5.41) is 3.96. The van der Waals surface area contributed by atoms with Gasteiger partial charge in [0, 0.05) is 10.0 Å². The fraction of sp³-hybridized carbons (Fsp3) is 0.130. The van der Waals surface area contributed by atoms with Crippen molar-refractivity contribution in [2.24, 2.45) is 5.10 Å². The van der Waals surface area contributed by atoms with Gasteiger partial charge >= 0.3 is 0 Å². The number of nitrogens with one attached hydrogen (secondary N) is 1. The highest BCUT2D eigenvalue weighted by atomic mass is 79.9. The van der Waals surface area contributed by atoms with Crippen LogP contribution in [0.1, 0.15) is 16.7 Å². The van der Waals surface area contributed by atoms with E-state index in [1.807, 2.05) is 44.2 Å².